The first-order valence-corrected chi connectivity index (χ1v) is 6.92. The third kappa shape index (κ3) is 2.27. The van der Waals surface area contributed by atoms with Gasteiger partial charge in [-0.2, -0.15) is 0 Å². The molecule has 1 N–H and O–H groups in total. The molecule has 2 aliphatic heterocycles. The van der Waals surface area contributed by atoms with E-state index in [4.69, 9.17) is 0 Å². The molecule has 96 valence electrons. The summed E-state index contributed by atoms with van der Waals surface area (Å²) in [5.41, 5.74) is 1.37. The zero-order chi connectivity index (χ0) is 12.4. The van der Waals surface area contributed by atoms with E-state index in [2.05, 4.69) is 29.6 Å². The van der Waals surface area contributed by atoms with Gasteiger partial charge in [-0.3, -0.25) is 4.79 Å². The summed E-state index contributed by atoms with van der Waals surface area (Å²) in [4.78, 5) is 14.3. The highest BCUT2D eigenvalue weighted by Gasteiger charge is 2.32. The van der Waals surface area contributed by atoms with Crippen LogP contribution in [0.1, 0.15) is 30.7 Å². The molecule has 0 spiro atoms. The Labute approximate surface area is 108 Å². The number of hydrogen-bond donors (Lipinski definition) is 1. The number of benzene rings is 1. The molecule has 0 bridgehead atoms. The molecule has 3 rings (SSSR count). The summed E-state index contributed by atoms with van der Waals surface area (Å²) < 4.78 is 0. The second-order valence-electron chi connectivity index (χ2n) is 5.33. The van der Waals surface area contributed by atoms with Crippen LogP contribution in [0.25, 0.3) is 0 Å². The van der Waals surface area contributed by atoms with Crippen molar-refractivity contribution >= 4 is 5.91 Å². The first kappa shape index (κ1) is 11.7. The standard InChI is InChI=1S/C15H20N2O/c18-15(14-7-4-9-16-14)17-10-8-13(11-17)12-5-2-1-3-6-12/h1-3,5-6,13-14,16H,4,7-11H2/t13?,14-/m1/s1. The Morgan fingerprint density at radius 3 is 2.78 bits per heavy atom. The fraction of sp³-hybridized carbons (Fsp3) is 0.533. The molecule has 0 radical (unpaired) electrons. The molecule has 1 aromatic carbocycles. The van der Waals surface area contributed by atoms with Crippen molar-refractivity contribution in [2.24, 2.45) is 0 Å². The zero-order valence-electron chi connectivity index (χ0n) is 10.6. The highest BCUT2D eigenvalue weighted by atomic mass is 16.2. The Kier molecular flexibility index (Phi) is 3.33. The van der Waals surface area contributed by atoms with E-state index in [1.165, 1.54) is 5.56 Å². The average molecular weight is 244 g/mol. The summed E-state index contributed by atoms with van der Waals surface area (Å²) in [7, 11) is 0. The van der Waals surface area contributed by atoms with Crippen LogP contribution < -0.4 is 5.32 Å². The van der Waals surface area contributed by atoms with Crippen molar-refractivity contribution in [2.75, 3.05) is 19.6 Å². The van der Waals surface area contributed by atoms with E-state index in [1.807, 2.05) is 11.0 Å². The molecular weight excluding hydrogens is 224 g/mol. The van der Waals surface area contributed by atoms with E-state index in [1.54, 1.807) is 0 Å². The van der Waals surface area contributed by atoms with Crippen LogP contribution >= 0.6 is 0 Å². The minimum absolute atomic E-state index is 0.0829. The Balaban J connectivity index is 1.63. The van der Waals surface area contributed by atoms with Gasteiger partial charge in [0, 0.05) is 19.0 Å². The molecule has 2 saturated heterocycles. The molecule has 2 heterocycles. The topological polar surface area (TPSA) is 32.3 Å². The molecule has 3 heteroatoms. The van der Waals surface area contributed by atoms with Gasteiger partial charge in [-0.05, 0) is 31.4 Å². The average Bonchev–Trinajstić information content (AvgIpc) is 3.10. The van der Waals surface area contributed by atoms with Crippen LogP contribution in [0.2, 0.25) is 0 Å². The molecule has 0 aliphatic carbocycles. The maximum atomic E-state index is 12.3. The van der Waals surface area contributed by atoms with E-state index in [-0.39, 0.29) is 6.04 Å². The monoisotopic (exact) mass is 244 g/mol. The maximum absolute atomic E-state index is 12.3. The van der Waals surface area contributed by atoms with Crippen molar-refractivity contribution in [2.45, 2.75) is 31.2 Å². The summed E-state index contributed by atoms with van der Waals surface area (Å²) in [6.45, 7) is 2.80. The molecular formula is C15H20N2O. The predicted octanol–water partition coefficient (Wildman–Crippen LogP) is 1.75. The van der Waals surface area contributed by atoms with Gasteiger partial charge in [-0.15, -0.1) is 0 Å². The van der Waals surface area contributed by atoms with Crippen molar-refractivity contribution in [3.63, 3.8) is 0 Å². The zero-order valence-corrected chi connectivity index (χ0v) is 10.6. The molecule has 2 aliphatic rings. The van der Waals surface area contributed by atoms with E-state index in [9.17, 15) is 4.79 Å². The number of hydrogen-bond acceptors (Lipinski definition) is 2. The Bertz CT molecular complexity index is 412. The SMILES string of the molecule is O=C([C@H]1CCCN1)N1CCC(c2ccccc2)C1. The van der Waals surface area contributed by atoms with Gasteiger partial charge in [0.05, 0.1) is 6.04 Å². The van der Waals surface area contributed by atoms with Crippen LogP contribution in [0.5, 0.6) is 0 Å². The summed E-state index contributed by atoms with van der Waals surface area (Å²) in [6, 6.07) is 10.6. The highest BCUT2D eigenvalue weighted by Crippen LogP contribution is 2.27. The lowest BCUT2D eigenvalue weighted by Crippen LogP contribution is -2.42. The second-order valence-corrected chi connectivity index (χ2v) is 5.33. The third-order valence-electron chi connectivity index (χ3n) is 4.13. The van der Waals surface area contributed by atoms with Crippen LogP contribution in [0.4, 0.5) is 0 Å². The van der Waals surface area contributed by atoms with E-state index in [0.717, 1.165) is 38.9 Å². The van der Waals surface area contributed by atoms with Crippen LogP contribution in [0, 0.1) is 0 Å². The molecule has 1 aromatic rings. The number of carbonyl (C=O) groups is 1. The number of amides is 1. The van der Waals surface area contributed by atoms with Gasteiger partial charge in [0.25, 0.3) is 0 Å². The number of carbonyl (C=O) groups excluding carboxylic acids is 1. The van der Waals surface area contributed by atoms with Gasteiger partial charge >= 0.3 is 0 Å². The van der Waals surface area contributed by atoms with Gasteiger partial charge in [0.2, 0.25) is 5.91 Å². The number of likely N-dealkylation sites (tertiary alicyclic amines) is 1. The van der Waals surface area contributed by atoms with E-state index < -0.39 is 0 Å². The first-order valence-electron chi connectivity index (χ1n) is 6.92. The number of nitrogens with one attached hydrogen (secondary N) is 1. The summed E-state index contributed by atoms with van der Waals surface area (Å²) in [6.07, 6.45) is 3.24. The Morgan fingerprint density at radius 2 is 2.06 bits per heavy atom. The van der Waals surface area contributed by atoms with Crippen LogP contribution in [-0.2, 0) is 4.79 Å². The van der Waals surface area contributed by atoms with Crippen LogP contribution in [-0.4, -0.2) is 36.5 Å². The minimum Gasteiger partial charge on any atom is -0.341 e. The lowest BCUT2D eigenvalue weighted by molar-refractivity contribution is -0.132. The lowest BCUT2D eigenvalue weighted by Gasteiger charge is -2.20. The highest BCUT2D eigenvalue weighted by molar-refractivity contribution is 5.82. The second kappa shape index (κ2) is 5.11. The quantitative estimate of drug-likeness (QED) is 0.859. The molecule has 3 nitrogen and oxygen atoms in total. The molecule has 0 aromatic heterocycles. The van der Waals surface area contributed by atoms with Gasteiger partial charge in [-0.1, -0.05) is 30.3 Å². The molecule has 18 heavy (non-hydrogen) atoms. The smallest absolute Gasteiger partial charge is 0.239 e. The predicted molar refractivity (Wildman–Crippen MR) is 71.4 cm³/mol. The summed E-state index contributed by atoms with van der Waals surface area (Å²) in [5, 5.41) is 3.30. The molecule has 1 unspecified atom stereocenters. The Hall–Kier alpha value is -1.35. The van der Waals surface area contributed by atoms with Crippen molar-refractivity contribution in [3.8, 4) is 0 Å². The van der Waals surface area contributed by atoms with Crippen molar-refractivity contribution < 1.29 is 4.79 Å². The molecule has 2 atom stereocenters. The summed E-state index contributed by atoms with van der Waals surface area (Å²) >= 11 is 0. The van der Waals surface area contributed by atoms with Crippen LogP contribution in [0.15, 0.2) is 30.3 Å². The normalized spacial score (nSPS) is 27.7. The van der Waals surface area contributed by atoms with Gasteiger partial charge in [-0.25, -0.2) is 0 Å². The fourth-order valence-corrected chi connectivity index (χ4v) is 3.07. The number of nitrogens with zero attached hydrogens (tertiary/aromatic N) is 1. The van der Waals surface area contributed by atoms with Gasteiger partial charge < -0.3 is 10.2 Å². The van der Waals surface area contributed by atoms with Crippen molar-refractivity contribution in [1.29, 1.82) is 0 Å². The van der Waals surface area contributed by atoms with Crippen molar-refractivity contribution in [1.82, 2.24) is 10.2 Å². The lowest BCUT2D eigenvalue weighted by atomic mass is 9.99. The molecule has 1 amide bonds. The van der Waals surface area contributed by atoms with Gasteiger partial charge in [0.1, 0.15) is 0 Å². The summed E-state index contributed by atoms with van der Waals surface area (Å²) in [5.74, 6) is 0.836. The minimum atomic E-state index is 0.0829. The largest absolute Gasteiger partial charge is 0.341 e. The number of rotatable bonds is 2. The maximum Gasteiger partial charge on any atom is 0.239 e. The third-order valence-corrected chi connectivity index (χ3v) is 4.13. The van der Waals surface area contributed by atoms with E-state index in [0.29, 0.717) is 11.8 Å². The first-order chi connectivity index (χ1) is 8.84. The van der Waals surface area contributed by atoms with Gasteiger partial charge in [0.15, 0.2) is 0 Å². The molecule has 0 saturated carbocycles. The Morgan fingerprint density at radius 1 is 1.22 bits per heavy atom. The fourth-order valence-electron chi connectivity index (χ4n) is 3.07. The van der Waals surface area contributed by atoms with Crippen LogP contribution in [0.3, 0.4) is 0 Å². The molecule has 2 fully saturated rings. The van der Waals surface area contributed by atoms with E-state index >= 15 is 0 Å². The van der Waals surface area contributed by atoms with Crippen molar-refractivity contribution in [3.05, 3.63) is 35.9 Å².